The normalized spacial score (nSPS) is 16.7. The van der Waals surface area contributed by atoms with E-state index in [-0.39, 0.29) is 19.8 Å². The highest BCUT2D eigenvalue weighted by Crippen LogP contribution is 2.35. The average molecular weight is 454 g/mol. The lowest BCUT2D eigenvalue weighted by molar-refractivity contribution is -0.392. The third kappa shape index (κ3) is 4.56. The van der Waals surface area contributed by atoms with Gasteiger partial charge in [0.05, 0.1) is 13.2 Å². The standard InChI is InChI=1S/C22H22N4O7/c1-3-32-20(28)16(21(29)33-4-2)22(11-8-12-24-22)18(27)17-19(26(30)31)25(14-23-17)13-15-9-6-5-7-10-15/h5-12,14,16H,3-4,13H2,1-2H3. The first kappa shape index (κ1) is 23.5. The van der Waals surface area contributed by atoms with Crippen LogP contribution in [0.5, 0.6) is 0 Å². The van der Waals surface area contributed by atoms with Gasteiger partial charge < -0.3 is 19.6 Å². The third-order valence-electron chi connectivity index (χ3n) is 4.97. The molecule has 0 bridgehead atoms. The molecule has 1 aliphatic rings. The molecule has 1 unspecified atom stereocenters. The van der Waals surface area contributed by atoms with Gasteiger partial charge in [-0.3, -0.25) is 19.4 Å². The van der Waals surface area contributed by atoms with Crippen molar-refractivity contribution in [3.8, 4) is 0 Å². The van der Waals surface area contributed by atoms with E-state index >= 15 is 0 Å². The first-order chi connectivity index (χ1) is 15.9. The zero-order chi connectivity index (χ0) is 24.0. The summed E-state index contributed by atoms with van der Waals surface area (Å²) < 4.78 is 11.2. The smallest absolute Gasteiger partial charge is 0.354 e. The molecule has 1 aromatic carbocycles. The maximum absolute atomic E-state index is 13.7. The summed E-state index contributed by atoms with van der Waals surface area (Å²) in [5.74, 6) is -5.42. The summed E-state index contributed by atoms with van der Waals surface area (Å²) >= 11 is 0. The fraction of sp³-hybridized carbons (Fsp3) is 0.318. The molecule has 0 radical (unpaired) electrons. The molecule has 2 aromatic rings. The predicted octanol–water partition coefficient (Wildman–Crippen LogP) is 2.14. The van der Waals surface area contributed by atoms with Crippen molar-refractivity contribution >= 4 is 29.8 Å². The highest BCUT2D eigenvalue weighted by molar-refractivity contribution is 6.15. The number of carbonyl (C=O) groups is 3. The van der Waals surface area contributed by atoms with Crippen LogP contribution in [0.3, 0.4) is 0 Å². The van der Waals surface area contributed by atoms with Crippen LogP contribution >= 0.6 is 0 Å². The maximum atomic E-state index is 13.7. The van der Waals surface area contributed by atoms with Crippen LogP contribution < -0.4 is 0 Å². The van der Waals surface area contributed by atoms with Crippen molar-refractivity contribution in [3.05, 3.63) is 70.2 Å². The Hall–Kier alpha value is -4.15. The van der Waals surface area contributed by atoms with Gasteiger partial charge in [-0.15, -0.1) is 0 Å². The number of aliphatic imine (C=N–C) groups is 1. The van der Waals surface area contributed by atoms with Crippen molar-refractivity contribution in [2.75, 3.05) is 13.2 Å². The molecule has 0 saturated heterocycles. The molecule has 0 saturated carbocycles. The zero-order valence-corrected chi connectivity index (χ0v) is 18.0. The topological polar surface area (TPSA) is 143 Å². The van der Waals surface area contributed by atoms with Crippen LogP contribution in [0.1, 0.15) is 29.9 Å². The van der Waals surface area contributed by atoms with Gasteiger partial charge in [-0.25, -0.2) is 9.55 Å². The summed E-state index contributed by atoms with van der Waals surface area (Å²) in [7, 11) is 0. The lowest BCUT2D eigenvalue weighted by Crippen LogP contribution is -2.50. The number of esters is 2. The Balaban J connectivity index is 2.09. The molecule has 11 heteroatoms. The van der Waals surface area contributed by atoms with E-state index < -0.39 is 45.6 Å². The summed E-state index contributed by atoms with van der Waals surface area (Å²) in [4.78, 5) is 58.3. The number of rotatable bonds is 10. The number of carbonyl (C=O) groups excluding carboxylic acids is 3. The molecule has 0 spiro atoms. The van der Waals surface area contributed by atoms with E-state index in [1.807, 2.05) is 0 Å². The van der Waals surface area contributed by atoms with Crippen molar-refractivity contribution < 1.29 is 28.8 Å². The molecule has 172 valence electrons. The molecule has 1 atom stereocenters. The number of aromatic nitrogens is 2. The number of nitro groups is 1. The molecule has 0 N–H and O–H groups in total. The minimum absolute atomic E-state index is 0.0573. The minimum Gasteiger partial charge on any atom is -0.465 e. The number of allylic oxidation sites excluding steroid dienone is 1. The molecular weight excluding hydrogens is 432 g/mol. The summed E-state index contributed by atoms with van der Waals surface area (Å²) in [5.41, 5.74) is -1.89. The Morgan fingerprint density at radius 3 is 2.27 bits per heavy atom. The Bertz CT molecular complexity index is 1090. The number of nitrogens with zero attached hydrogens (tertiary/aromatic N) is 4. The minimum atomic E-state index is -2.12. The van der Waals surface area contributed by atoms with Crippen molar-refractivity contribution in [1.29, 1.82) is 0 Å². The van der Waals surface area contributed by atoms with E-state index in [0.29, 0.717) is 0 Å². The first-order valence-corrected chi connectivity index (χ1v) is 10.2. The highest BCUT2D eigenvalue weighted by atomic mass is 16.6. The van der Waals surface area contributed by atoms with Crippen LogP contribution in [0.4, 0.5) is 5.82 Å². The predicted molar refractivity (Wildman–Crippen MR) is 116 cm³/mol. The van der Waals surface area contributed by atoms with Gasteiger partial charge in [0, 0.05) is 6.21 Å². The Morgan fingerprint density at radius 1 is 1.12 bits per heavy atom. The van der Waals surface area contributed by atoms with Gasteiger partial charge in [0.25, 0.3) is 0 Å². The van der Waals surface area contributed by atoms with Gasteiger partial charge >= 0.3 is 17.8 Å². The van der Waals surface area contributed by atoms with Gasteiger partial charge in [-0.1, -0.05) is 30.3 Å². The fourth-order valence-corrected chi connectivity index (χ4v) is 3.55. The second-order valence-electron chi connectivity index (χ2n) is 7.02. The number of ether oxygens (including phenoxy) is 2. The van der Waals surface area contributed by atoms with Crippen LogP contribution in [0.15, 0.2) is 53.8 Å². The number of benzene rings is 1. The monoisotopic (exact) mass is 454 g/mol. The molecule has 2 heterocycles. The second kappa shape index (κ2) is 9.98. The van der Waals surface area contributed by atoms with Gasteiger partial charge in [0.2, 0.25) is 11.5 Å². The summed E-state index contributed by atoms with van der Waals surface area (Å²) in [5, 5.41) is 11.9. The van der Waals surface area contributed by atoms with Crippen molar-refractivity contribution in [2.45, 2.75) is 25.9 Å². The van der Waals surface area contributed by atoms with Gasteiger partial charge in [0.1, 0.15) is 6.54 Å². The summed E-state index contributed by atoms with van der Waals surface area (Å²) in [6.45, 7) is 3.05. The fourth-order valence-electron chi connectivity index (χ4n) is 3.55. The van der Waals surface area contributed by atoms with Crippen LogP contribution in [0.25, 0.3) is 0 Å². The molecule has 1 aliphatic heterocycles. The molecular formula is C22H22N4O7. The van der Waals surface area contributed by atoms with Crippen LogP contribution in [-0.4, -0.2) is 57.2 Å². The third-order valence-corrected chi connectivity index (χ3v) is 4.97. The second-order valence-corrected chi connectivity index (χ2v) is 7.02. The average Bonchev–Trinajstić information content (AvgIpc) is 3.43. The van der Waals surface area contributed by atoms with Crippen molar-refractivity contribution in [2.24, 2.45) is 10.9 Å². The molecule has 0 amide bonds. The van der Waals surface area contributed by atoms with Gasteiger partial charge in [-0.2, -0.15) is 0 Å². The molecule has 0 aliphatic carbocycles. The Morgan fingerprint density at radius 2 is 1.76 bits per heavy atom. The summed E-state index contributed by atoms with van der Waals surface area (Å²) in [6.07, 6.45) is 5.00. The molecule has 1 aromatic heterocycles. The number of hydrogen-bond acceptors (Lipinski definition) is 9. The molecule has 3 rings (SSSR count). The quantitative estimate of drug-likeness (QED) is 0.175. The first-order valence-electron chi connectivity index (χ1n) is 10.2. The Kier molecular flexibility index (Phi) is 7.11. The lowest BCUT2D eigenvalue weighted by Gasteiger charge is -2.28. The van der Waals surface area contributed by atoms with E-state index in [4.69, 9.17) is 9.47 Å². The largest absolute Gasteiger partial charge is 0.465 e. The van der Waals surface area contributed by atoms with Crippen LogP contribution in [0, 0.1) is 16.0 Å². The van der Waals surface area contributed by atoms with E-state index in [2.05, 4.69) is 9.98 Å². The number of hydrogen-bond donors (Lipinski definition) is 0. The van der Waals surface area contributed by atoms with Crippen LogP contribution in [0.2, 0.25) is 0 Å². The van der Waals surface area contributed by atoms with E-state index in [9.17, 15) is 24.5 Å². The SMILES string of the molecule is CCOC(=O)C(C(=O)OCC)C1(C(=O)c2ncn(Cc3ccccc3)c2[N+](=O)[O-])C=CC=N1. The van der Waals surface area contributed by atoms with Gasteiger partial charge in [-0.05, 0) is 36.5 Å². The van der Waals surface area contributed by atoms with Crippen LogP contribution in [-0.2, 0) is 25.6 Å². The Labute approximate surface area is 188 Å². The van der Waals surface area contributed by atoms with E-state index in [0.717, 1.165) is 11.9 Å². The zero-order valence-electron chi connectivity index (χ0n) is 18.0. The highest BCUT2D eigenvalue weighted by Gasteiger charge is 2.56. The van der Waals surface area contributed by atoms with Crippen molar-refractivity contribution in [1.82, 2.24) is 9.55 Å². The number of imidazole rings is 1. The summed E-state index contributed by atoms with van der Waals surface area (Å²) in [6, 6.07) is 8.91. The number of ketones is 1. The van der Waals surface area contributed by atoms with E-state index in [1.165, 1.54) is 22.9 Å². The molecule has 11 nitrogen and oxygen atoms in total. The molecule has 33 heavy (non-hydrogen) atoms. The maximum Gasteiger partial charge on any atom is 0.354 e. The lowest BCUT2D eigenvalue weighted by atomic mass is 9.79. The molecule has 0 fully saturated rings. The number of Topliss-reactive ketones (excluding diaryl/α,β-unsaturated/α-hetero) is 1. The van der Waals surface area contributed by atoms with E-state index in [1.54, 1.807) is 44.2 Å². The van der Waals surface area contributed by atoms with Crippen molar-refractivity contribution in [3.63, 3.8) is 0 Å². The van der Waals surface area contributed by atoms with Gasteiger partial charge in [0.15, 0.2) is 17.8 Å².